The number of carbonyl (C=O) groups is 1. The molecule has 1 saturated carbocycles. The summed E-state index contributed by atoms with van der Waals surface area (Å²) in [6, 6.07) is 5.79. The monoisotopic (exact) mass is 219 g/mol. The summed E-state index contributed by atoms with van der Waals surface area (Å²) >= 11 is 0. The van der Waals surface area contributed by atoms with E-state index in [2.05, 4.69) is 4.98 Å². The lowest BCUT2D eigenvalue weighted by Gasteiger charge is -2.20. The number of methoxy groups -OCH3 is 1. The molecule has 0 amide bonds. The van der Waals surface area contributed by atoms with Gasteiger partial charge in [0, 0.05) is 24.6 Å². The average molecular weight is 219 g/mol. The van der Waals surface area contributed by atoms with Crippen LogP contribution < -0.4 is 4.74 Å². The molecule has 0 N–H and O–H groups in total. The SMILES string of the molecule is COc1cccc(CC2CCCC(=O)C2)n1. The van der Waals surface area contributed by atoms with Crippen LogP contribution in [0.3, 0.4) is 0 Å². The van der Waals surface area contributed by atoms with Gasteiger partial charge in [0.1, 0.15) is 5.78 Å². The summed E-state index contributed by atoms with van der Waals surface area (Å²) in [7, 11) is 1.62. The number of Topliss-reactive ketones (excluding diaryl/α,β-unsaturated/α-hetero) is 1. The van der Waals surface area contributed by atoms with E-state index >= 15 is 0 Å². The van der Waals surface area contributed by atoms with Crippen molar-refractivity contribution in [2.24, 2.45) is 5.92 Å². The minimum absolute atomic E-state index is 0.402. The lowest BCUT2D eigenvalue weighted by Crippen LogP contribution is -2.17. The van der Waals surface area contributed by atoms with E-state index in [-0.39, 0.29) is 0 Å². The lowest BCUT2D eigenvalue weighted by atomic mass is 9.85. The molecule has 3 heteroatoms. The average Bonchev–Trinajstić information content (AvgIpc) is 2.29. The van der Waals surface area contributed by atoms with Crippen molar-refractivity contribution in [2.45, 2.75) is 32.1 Å². The summed E-state index contributed by atoms with van der Waals surface area (Å²) in [6.07, 6.45) is 4.56. The molecule has 3 nitrogen and oxygen atoms in total. The molecular formula is C13H17NO2. The predicted octanol–water partition coefficient (Wildman–Crippen LogP) is 2.39. The second-order valence-electron chi connectivity index (χ2n) is 4.38. The van der Waals surface area contributed by atoms with Gasteiger partial charge in [-0.3, -0.25) is 4.79 Å². The maximum absolute atomic E-state index is 11.3. The Morgan fingerprint density at radius 2 is 2.38 bits per heavy atom. The fourth-order valence-corrected chi connectivity index (χ4v) is 2.27. The molecular weight excluding hydrogens is 202 g/mol. The van der Waals surface area contributed by atoms with Gasteiger partial charge >= 0.3 is 0 Å². The molecule has 0 saturated heterocycles. The van der Waals surface area contributed by atoms with Crippen LogP contribution in [0.15, 0.2) is 18.2 Å². The van der Waals surface area contributed by atoms with E-state index in [1.54, 1.807) is 7.11 Å². The van der Waals surface area contributed by atoms with Crippen molar-refractivity contribution in [3.05, 3.63) is 23.9 Å². The molecule has 1 aliphatic carbocycles. The largest absolute Gasteiger partial charge is 0.481 e. The molecule has 2 rings (SSSR count). The highest BCUT2D eigenvalue weighted by molar-refractivity contribution is 5.79. The fourth-order valence-electron chi connectivity index (χ4n) is 2.27. The zero-order valence-corrected chi connectivity index (χ0v) is 9.61. The zero-order valence-electron chi connectivity index (χ0n) is 9.61. The number of rotatable bonds is 3. The van der Waals surface area contributed by atoms with E-state index in [1.807, 2.05) is 18.2 Å². The van der Waals surface area contributed by atoms with Crippen molar-refractivity contribution >= 4 is 5.78 Å². The molecule has 0 aromatic carbocycles. The van der Waals surface area contributed by atoms with E-state index in [1.165, 1.54) is 0 Å². The minimum atomic E-state index is 0.402. The number of carbonyl (C=O) groups excluding carboxylic acids is 1. The summed E-state index contributed by atoms with van der Waals surface area (Å²) in [5.41, 5.74) is 1.03. The van der Waals surface area contributed by atoms with Crippen LogP contribution in [0.4, 0.5) is 0 Å². The second kappa shape index (κ2) is 5.10. The predicted molar refractivity (Wildman–Crippen MR) is 61.5 cm³/mol. The molecule has 0 bridgehead atoms. The zero-order chi connectivity index (χ0) is 11.4. The maximum Gasteiger partial charge on any atom is 0.213 e. The number of hydrogen-bond donors (Lipinski definition) is 0. The molecule has 1 aromatic heterocycles. The van der Waals surface area contributed by atoms with E-state index in [0.717, 1.165) is 37.8 Å². The number of pyridine rings is 1. The third-order valence-corrected chi connectivity index (χ3v) is 3.07. The Hall–Kier alpha value is -1.38. The molecule has 0 aliphatic heterocycles. The molecule has 0 spiro atoms. The van der Waals surface area contributed by atoms with Gasteiger partial charge in [-0.05, 0) is 31.2 Å². The van der Waals surface area contributed by atoms with Crippen molar-refractivity contribution in [1.29, 1.82) is 0 Å². The molecule has 1 atom stereocenters. The third-order valence-electron chi connectivity index (χ3n) is 3.07. The Labute approximate surface area is 95.8 Å². The molecule has 1 aromatic rings. The smallest absolute Gasteiger partial charge is 0.213 e. The first-order valence-electron chi connectivity index (χ1n) is 5.79. The van der Waals surface area contributed by atoms with Crippen molar-refractivity contribution in [3.8, 4) is 5.88 Å². The third kappa shape index (κ3) is 2.81. The molecule has 1 aliphatic rings. The first kappa shape index (κ1) is 11.1. The van der Waals surface area contributed by atoms with Crippen LogP contribution in [0.1, 0.15) is 31.4 Å². The van der Waals surface area contributed by atoms with Crippen LogP contribution in [-0.4, -0.2) is 17.9 Å². The standard InChI is InChI=1S/C13H17NO2/c1-16-13-7-3-5-11(14-13)8-10-4-2-6-12(15)9-10/h3,5,7,10H,2,4,6,8-9H2,1H3. The van der Waals surface area contributed by atoms with Gasteiger partial charge in [0.15, 0.2) is 0 Å². The molecule has 1 heterocycles. The normalized spacial score (nSPS) is 20.8. The Bertz CT molecular complexity index is 376. The molecule has 86 valence electrons. The summed E-state index contributed by atoms with van der Waals surface area (Å²) in [5, 5.41) is 0. The Kier molecular flexibility index (Phi) is 3.54. The van der Waals surface area contributed by atoms with Crippen LogP contribution in [0.2, 0.25) is 0 Å². The van der Waals surface area contributed by atoms with Gasteiger partial charge < -0.3 is 4.74 Å². The summed E-state index contributed by atoms with van der Waals surface area (Å²) in [5.74, 6) is 1.53. The van der Waals surface area contributed by atoms with E-state index in [0.29, 0.717) is 17.6 Å². The first-order chi connectivity index (χ1) is 7.78. The van der Waals surface area contributed by atoms with E-state index < -0.39 is 0 Å². The molecule has 1 fully saturated rings. The Balaban J connectivity index is 1.99. The topological polar surface area (TPSA) is 39.2 Å². The van der Waals surface area contributed by atoms with E-state index in [9.17, 15) is 4.79 Å². The van der Waals surface area contributed by atoms with Crippen molar-refractivity contribution in [3.63, 3.8) is 0 Å². The molecule has 1 unspecified atom stereocenters. The van der Waals surface area contributed by atoms with Gasteiger partial charge in [-0.2, -0.15) is 0 Å². The fraction of sp³-hybridized carbons (Fsp3) is 0.538. The Morgan fingerprint density at radius 3 is 3.12 bits per heavy atom. The van der Waals surface area contributed by atoms with Crippen LogP contribution in [0, 0.1) is 5.92 Å². The highest BCUT2D eigenvalue weighted by atomic mass is 16.5. The number of ether oxygens (including phenoxy) is 1. The summed E-state index contributed by atoms with van der Waals surface area (Å²) < 4.78 is 5.09. The highest BCUT2D eigenvalue weighted by Crippen LogP contribution is 2.24. The van der Waals surface area contributed by atoms with Crippen molar-refractivity contribution in [1.82, 2.24) is 4.98 Å². The van der Waals surface area contributed by atoms with Crippen LogP contribution in [0.5, 0.6) is 5.88 Å². The van der Waals surface area contributed by atoms with Crippen LogP contribution in [-0.2, 0) is 11.2 Å². The molecule has 0 radical (unpaired) electrons. The summed E-state index contributed by atoms with van der Waals surface area (Å²) in [4.78, 5) is 15.7. The molecule has 16 heavy (non-hydrogen) atoms. The Morgan fingerprint density at radius 1 is 1.50 bits per heavy atom. The van der Waals surface area contributed by atoms with Gasteiger partial charge in [-0.1, -0.05) is 6.07 Å². The maximum atomic E-state index is 11.3. The van der Waals surface area contributed by atoms with Crippen molar-refractivity contribution in [2.75, 3.05) is 7.11 Å². The van der Waals surface area contributed by atoms with Gasteiger partial charge in [-0.15, -0.1) is 0 Å². The van der Waals surface area contributed by atoms with Crippen LogP contribution >= 0.6 is 0 Å². The van der Waals surface area contributed by atoms with Gasteiger partial charge in [0.25, 0.3) is 0 Å². The number of nitrogens with zero attached hydrogens (tertiary/aromatic N) is 1. The van der Waals surface area contributed by atoms with Gasteiger partial charge in [0.05, 0.1) is 7.11 Å². The number of ketones is 1. The van der Waals surface area contributed by atoms with Crippen molar-refractivity contribution < 1.29 is 9.53 Å². The second-order valence-corrected chi connectivity index (χ2v) is 4.38. The highest BCUT2D eigenvalue weighted by Gasteiger charge is 2.20. The van der Waals surface area contributed by atoms with Crippen LogP contribution in [0.25, 0.3) is 0 Å². The lowest BCUT2D eigenvalue weighted by molar-refractivity contribution is -0.121. The van der Waals surface area contributed by atoms with Gasteiger partial charge in [0.2, 0.25) is 5.88 Å². The minimum Gasteiger partial charge on any atom is -0.481 e. The van der Waals surface area contributed by atoms with Gasteiger partial charge in [-0.25, -0.2) is 4.98 Å². The summed E-state index contributed by atoms with van der Waals surface area (Å²) in [6.45, 7) is 0. The number of hydrogen-bond acceptors (Lipinski definition) is 3. The first-order valence-corrected chi connectivity index (χ1v) is 5.79. The van der Waals surface area contributed by atoms with E-state index in [4.69, 9.17) is 4.74 Å². The number of aromatic nitrogens is 1. The quantitative estimate of drug-likeness (QED) is 0.783.